The normalized spacial score (nSPS) is 16.7. The molecule has 0 aromatic heterocycles. The van der Waals surface area contributed by atoms with Crippen LogP contribution in [0.5, 0.6) is 0 Å². The predicted molar refractivity (Wildman–Crippen MR) is 93.4 cm³/mol. The van der Waals surface area contributed by atoms with Crippen LogP contribution in [0, 0.1) is 0 Å². The molecule has 2 rings (SSSR count). The van der Waals surface area contributed by atoms with Crippen molar-refractivity contribution in [1.82, 2.24) is 4.90 Å². The van der Waals surface area contributed by atoms with Gasteiger partial charge in [0.05, 0.1) is 5.56 Å². The molecule has 0 fully saturated rings. The summed E-state index contributed by atoms with van der Waals surface area (Å²) in [5.74, 6) is -1.72. The second-order valence-corrected chi connectivity index (χ2v) is 6.32. The molecule has 0 unspecified atom stereocenters. The number of nitrogens with zero attached hydrogens (tertiary/aromatic N) is 2. The molecule has 0 aliphatic carbocycles. The van der Waals surface area contributed by atoms with Crippen LogP contribution >= 0.6 is 11.8 Å². The highest BCUT2D eigenvalue weighted by Crippen LogP contribution is 2.27. The van der Waals surface area contributed by atoms with E-state index in [2.05, 4.69) is 10.3 Å². The smallest absolute Gasteiger partial charge is 0.335 e. The number of carbonyl (C=O) groups is 3. The zero-order valence-corrected chi connectivity index (χ0v) is 14.3. The van der Waals surface area contributed by atoms with E-state index in [0.29, 0.717) is 10.9 Å². The minimum absolute atomic E-state index is 0.00489. The summed E-state index contributed by atoms with van der Waals surface area (Å²) in [6.45, 7) is 5.45. The van der Waals surface area contributed by atoms with Crippen molar-refractivity contribution in [1.29, 1.82) is 0 Å². The van der Waals surface area contributed by atoms with E-state index in [0.717, 1.165) is 13.1 Å². The van der Waals surface area contributed by atoms with Gasteiger partial charge in [0, 0.05) is 25.2 Å². The Morgan fingerprint density at radius 3 is 2.67 bits per heavy atom. The highest BCUT2D eigenvalue weighted by molar-refractivity contribution is 8.15. The number of anilines is 1. The number of thioether (sulfide) groups is 1. The van der Waals surface area contributed by atoms with Crippen LogP contribution in [0.4, 0.5) is 5.69 Å². The first-order chi connectivity index (χ1) is 11.4. The molecule has 24 heavy (non-hydrogen) atoms. The summed E-state index contributed by atoms with van der Waals surface area (Å²) in [5.41, 5.74) is 0.478. The fourth-order valence-electron chi connectivity index (χ4n) is 2.25. The lowest BCUT2D eigenvalue weighted by atomic mass is 10.2. The van der Waals surface area contributed by atoms with E-state index in [4.69, 9.17) is 5.11 Å². The first kappa shape index (κ1) is 18.0. The number of hydrogen-bond donors (Lipinski definition) is 2. The fraction of sp³-hybridized carbons (Fsp3) is 0.375. The highest BCUT2D eigenvalue weighted by Gasteiger charge is 2.32. The number of nitrogens with one attached hydrogen (secondary N) is 1. The van der Waals surface area contributed by atoms with Gasteiger partial charge in [-0.2, -0.15) is 4.99 Å². The largest absolute Gasteiger partial charge is 0.478 e. The summed E-state index contributed by atoms with van der Waals surface area (Å²) in [5, 5.41) is 11.7. The number of amidine groups is 1. The zero-order chi connectivity index (χ0) is 17.7. The molecule has 0 saturated carbocycles. The fourth-order valence-corrected chi connectivity index (χ4v) is 3.44. The molecule has 2 amide bonds. The second kappa shape index (κ2) is 7.96. The van der Waals surface area contributed by atoms with Crippen molar-refractivity contribution in [2.45, 2.75) is 25.5 Å². The molecule has 1 heterocycles. The van der Waals surface area contributed by atoms with Gasteiger partial charge in [-0.15, -0.1) is 0 Å². The Labute approximate surface area is 144 Å². The first-order valence-electron chi connectivity index (χ1n) is 7.62. The third-order valence-corrected chi connectivity index (χ3v) is 4.74. The van der Waals surface area contributed by atoms with Gasteiger partial charge < -0.3 is 15.3 Å². The third-order valence-electron chi connectivity index (χ3n) is 3.53. The van der Waals surface area contributed by atoms with Crippen LogP contribution in [0.3, 0.4) is 0 Å². The number of carboxylic acid groups (broad SMARTS) is 1. The minimum Gasteiger partial charge on any atom is -0.478 e. The molecule has 8 heteroatoms. The Morgan fingerprint density at radius 2 is 2.04 bits per heavy atom. The Bertz CT molecular complexity index is 686. The van der Waals surface area contributed by atoms with Crippen molar-refractivity contribution in [3.63, 3.8) is 0 Å². The minimum atomic E-state index is -1.06. The molecule has 0 radical (unpaired) electrons. The van der Waals surface area contributed by atoms with E-state index < -0.39 is 11.2 Å². The number of benzene rings is 1. The van der Waals surface area contributed by atoms with Crippen molar-refractivity contribution in [2.24, 2.45) is 4.99 Å². The maximum absolute atomic E-state index is 12.1. The zero-order valence-electron chi connectivity index (χ0n) is 13.5. The molecule has 1 aromatic rings. The van der Waals surface area contributed by atoms with Gasteiger partial charge in [0.1, 0.15) is 5.25 Å². The van der Waals surface area contributed by atoms with Crippen molar-refractivity contribution in [3.8, 4) is 0 Å². The van der Waals surface area contributed by atoms with Crippen molar-refractivity contribution >= 4 is 40.4 Å². The molecule has 1 aliphatic rings. The van der Waals surface area contributed by atoms with E-state index in [-0.39, 0.29) is 23.8 Å². The van der Waals surface area contributed by atoms with Crippen LogP contribution in [0.15, 0.2) is 29.3 Å². The van der Waals surface area contributed by atoms with Gasteiger partial charge in [-0.05, 0) is 32.0 Å². The third kappa shape index (κ3) is 4.35. The molecule has 0 bridgehead atoms. The SMILES string of the molecule is CCN(CC)C1=NC(=O)[C@@H](CC(=O)Nc2cccc(C(=O)O)c2)S1. The quantitative estimate of drug-likeness (QED) is 0.815. The van der Waals surface area contributed by atoms with Gasteiger partial charge in [0.15, 0.2) is 5.17 Å². The molecular formula is C16H19N3O4S. The van der Waals surface area contributed by atoms with Crippen molar-refractivity contribution in [3.05, 3.63) is 29.8 Å². The number of amides is 2. The number of carbonyl (C=O) groups excluding carboxylic acids is 2. The van der Waals surface area contributed by atoms with Gasteiger partial charge >= 0.3 is 5.97 Å². The van der Waals surface area contributed by atoms with Crippen LogP contribution in [-0.2, 0) is 9.59 Å². The Balaban J connectivity index is 1.95. The van der Waals surface area contributed by atoms with E-state index in [1.165, 1.54) is 23.9 Å². The van der Waals surface area contributed by atoms with E-state index in [1.54, 1.807) is 12.1 Å². The Hall–Kier alpha value is -2.35. The van der Waals surface area contributed by atoms with E-state index in [1.807, 2.05) is 18.7 Å². The van der Waals surface area contributed by atoms with E-state index >= 15 is 0 Å². The highest BCUT2D eigenvalue weighted by atomic mass is 32.2. The molecule has 128 valence electrons. The van der Waals surface area contributed by atoms with Crippen LogP contribution in [0.1, 0.15) is 30.6 Å². The van der Waals surface area contributed by atoms with Crippen LogP contribution < -0.4 is 5.32 Å². The molecule has 2 N–H and O–H groups in total. The average molecular weight is 349 g/mol. The molecular weight excluding hydrogens is 330 g/mol. The molecule has 7 nitrogen and oxygen atoms in total. The van der Waals surface area contributed by atoms with Gasteiger partial charge in [0.25, 0.3) is 5.91 Å². The lowest BCUT2D eigenvalue weighted by molar-refractivity contribution is -0.121. The van der Waals surface area contributed by atoms with E-state index in [9.17, 15) is 14.4 Å². The molecule has 0 saturated heterocycles. The van der Waals surface area contributed by atoms with Gasteiger partial charge in [0.2, 0.25) is 5.91 Å². The van der Waals surface area contributed by atoms with Gasteiger partial charge in [-0.1, -0.05) is 17.8 Å². The average Bonchev–Trinajstić information content (AvgIpc) is 2.89. The lowest BCUT2D eigenvalue weighted by Gasteiger charge is -2.19. The number of aliphatic imine (C=N–C) groups is 1. The summed E-state index contributed by atoms with van der Waals surface area (Å²) in [6.07, 6.45) is -0.00489. The van der Waals surface area contributed by atoms with Crippen LogP contribution in [0.2, 0.25) is 0 Å². The number of aromatic carboxylic acids is 1. The van der Waals surface area contributed by atoms with Crippen LogP contribution in [-0.4, -0.2) is 51.3 Å². The molecule has 1 aromatic carbocycles. The second-order valence-electron chi connectivity index (χ2n) is 5.15. The summed E-state index contributed by atoms with van der Waals surface area (Å²) >= 11 is 1.29. The molecule has 1 aliphatic heterocycles. The van der Waals surface area contributed by atoms with Crippen LogP contribution in [0.25, 0.3) is 0 Å². The summed E-state index contributed by atoms with van der Waals surface area (Å²) in [4.78, 5) is 41.0. The van der Waals surface area contributed by atoms with Gasteiger partial charge in [-0.25, -0.2) is 4.79 Å². The van der Waals surface area contributed by atoms with Gasteiger partial charge in [-0.3, -0.25) is 9.59 Å². The Morgan fingerprint density at radius 1 is 1.33 bits per heavy atom. The molecule has 1 atom stereocenters. The first-order valence-corrected chi connectivity index (χ1v) is 8.49. The number of hydrogen-bond acceptors (Lipinski definition) is 5. The maximum atomic E-state index is 12.1. The number of carboxylic acids is 1. The Kier molecular flexibility index (Phi) is 5.97. The lowest BCUT2D eigenvalue weighted by Crippen LogP contribution is -2.27. The monoisotopic (exact) mass is 349 g/mol. The summed E-state index contributed by atoms with van der Waals surface area (Å²) < 4.78 is 0. The predicted octanol–water partition coefficient (Wildman–Crippen LogP) is 2.05. The maximum Gasteiger partial charge on any atom is 0.335 e. The standard InChI is InChI=1S/C16H19N3O4S/c1-3-19(4-2)16-18-14(21)12(24-16)9-13(20)17-11-7-5-6-10(8-11)15(22)23/h5-8,12H,3-4,9H2,1-2H3,(H,17,20)(H,22,23)/t12-/m1/s1. The van der Waals surface area contributed by atoms with Crippen molar-refractivity contribution < 1.29 is 19.5 Å². The number of rotatable bonds is 6. The summed E-state index contributed by atoms with van der Waals surface area (Å²) in [7, 11) is 0. The molecule has 0 spiro atoms. The summed E-state index contributed by atoms with van der Waals surface area (Å²) in [6, 6.07) is 5.97. The topological polar surface area (TPSA) is 99.1 Å². The van der Waals surface area contributed by atoms with Crippen molar-refractivity contribution in [2.75, 3.05) is 18.4 Å².